The number of nitrogens with zero attached hydrogens (tertiary/aromatic N) is 1. The molecule has 0 atom stereocenters. The van der Waals surface area contributed by atoms with Crippen molar-refractivity contribution in [3.05, 3.63) is 46.0 Å². The molecule has 0 amide bonds. The lowest BCUT2D eigenvalue weighted by molar-refractivity contribution is 0.629. The van der Waals surface area contributed by atoms with Gasteiger partial charge in [0.2, 0.25) is 0 Å². The van der Waals surface area contributed by atoms with E-state index in [1.807, 2.05) is 0 Å². The molecule has 0 aliphatic carbocycles. The minimum atomic E-state index is -0.282. The molecule has 0 unspecified atom stereocenters. The molecule has 0 aliphatic heterocycles. The molecular weight excluding hydrogens is 181 g/mol. The highest BCUT2D eigenvalue weighted by atomic mass is 19.1. The van der Waals surface area contributed by atoms with Crippen molar-refractivity contribution in [1.29, 1.82) is 0 Å². The van der Waals surface area contributed by atoms with Gasteiger partial charge in [0.1, 0.15) is 5.82 Å². The maximum atomic E-state index is 12.9. The van der Waals surface area contributed by atoms with Crippen molar-refractivity contribution in [2.75, 3.05) is 0 Å². The van der Waals surface area contributed by atoms with E-state index in [1.165, 1.54) is 16.7 Å². The average Bonchev–Trinajstić information content (AvgIpc) is 2.14. The number of hydrogen-bond acceptors (Lipinski definition) is 1. The first kappa shape index (κ1) is 8.94. The minimum absolute atomic E-state index is 0.0379. The largest absolute Gasteiger partial charge is 0.311 e. The third kappa shape index (κ3) is 1.21. The van der Waals surface area contributed by atoms with Gasteiger partial charge in [-0.2, -0.15) is 0 Å². The molecular formula is C11H10FNO. The van der Waals surface area contributed by atoms with Crippen LogP contribution in [0.1, 0.15) is 5.56 Å². The molecule has 0 saturated heterocycles. The van der Waals surface area contributed by atoms with Crippen LogP contribution < -0.4 is 5.56 Å². The van der Waals surface area contributed by atoms with Crippen LogP contribution in [-0.4, -0.2) is 4.57 Å². The summed E-state index contributed by atoms with van der Waals surface area (Å²) in [7, 11) is 1.69. The highest BCUT2D eigenvalue weighted by Crippen LogP contribution is 2.13. The zero-order chi connectivity index (χ0) is 10.3. The smallest absolute Gasteiger partial charge is 0.253 e. The standard InChI is InChI=1S/C11H10FNO/c1-7-5-8-6-9(12)3-4-10(8)13(2)11(7)14/h3-6H,1-2H3. The molecule has 0 radical (unpaired) electrons. The lowest BCUT2D eigenvalue weighted by Crippen LogP contribution is -2.19. The molecule has 1 heterocycles. The van der Waals surface area contributed by atoms with Crippen LogP contribution in [-0.2, 0) is 7.05 Å². The summed E-state index contributed by atoms with van der Waals surface area (Å²) in [6, 6.07) is 6.12. The van der Waals surface area contributed by atoms with E-state index in [0.29, 0.717) is 5.56 Å². The topological polar surface area (TPSA) is 22.0 Å². The Balaban J connectivity index is 2.98. The summed E-state index contributed by atoms with van der Waals surface area (Å²) in [5.41, 5.74) is 1.34. The third-order valence-corrected chi connectivity index (χ3v) is 2.36. The summed E-state index contributed by atoms with van der Waals surface area (Å²) >= 11 is 0. The lowest BCUT2D eigenvalue weighted by atomic mass is 10.1. The molecule has 2 nitrogen and oxygen atoms in total. The van der Waals surface area contributed by atoms with Gasteiger partial charge in [-0.1, -0.05) is 0 Å². The van der Waals surface area contributed by atoms with Gasteiger partial charge in [0, 0.05) is 18.0 Å². The average molecular weight is 191 g/mol. The summed E-state index contributed by atoms with van der Waals surface area (Å²) in [6.07, 6.45) is 0. The Morgan fingerprint density at radius 1 is 1.29 bits per heavy atom. The minimum Gasteiger partial charge on any atom is -0.311 e. The number of halogens is 1. The summed E-state index contributed by atoms with van der Waals surface area (Å²) in [4.78, 5) is 11.5. The second kappa shape index (κ2) is 2.94. The normalized spacial score (nSPS) is 10.8. The highest BCUT2D eigenvalue weighted by Gasteiger charge is 2.03. The monoisotopic (exact) mass is 191 g/mol. The maximum Gasteiger partial charge on any atom is 0.253 e. The fourth-order valence-electron chi connectivity index (χ4n) is 1.62. The van der Waals surface area contributed by atoms with Crippen LogP contribution in [0.2, 0.25) is 0 Å². The summed E-state index contributed by atoms with van der Waals surface area (Å²) in [5, 5.41) is 0.754. The van der Waals surface area contributed by atoms with Crippen LogP contribution in [0.25, 0.3) is 10.9 Å². The van der Waals surface area contributed by atoms with Gasteiger partial charge in [-0.05, 0) is 31.2 Å². The summed E-state index contributed by atoms with van der Waals surface area (Å²) in [5.74, 6) is -0.282. The van der Waals surface area contributed by atoms with E-state index in [2.05, 4.69) is 0 Å². The van der Waals surface area contributed by atoms with Crippen molar-refractivity contribution >= 4 is 10.9 Å². The first-order chi connectivity index (χ1) is 6.59. The zero-order valence-electron chi connectivity index (χ0n) is 8.04. The number of pyridine rings is 1. The number of aryl methyl sites for hydroxylation is 2. The predicted octanol–water partition coefficient (Wildman–Crippen LogP) is 1.99. The van der Waals surface area contributed by atoms with Crippen LogP contribution >= 0.6 is 0 Å². The second-order valence-corrected chi connectivity index (χ2v) is 3.39. The zero-order valence-corrected chi connectivity index (χ0v) is 8.04. The molecule has 3 heteroatoms. The molecule has 0 N–H and O–H groups in total. The molecule has 0 fully saturated rings. The Morgan fingerprint density at radius 2 is 2.00 bits per heavy atom. The van der Waals surface area contributed by atoms with Gasteiger partial charge >= 0.3 is 0 Å². The third-order valence-electron chi connectivity index (χ3n) is 2.36. The number of hydrogen-bond donors (Lipinski definition) is 0. The first-order valence-electron chi connectivity index (χ1n) is 4.35. The van der Waals surface area contributed by atoms with E-state index < -0.39 is 0 Å². The first-order valence-corrected chi connectivity index (χ1v) is 4.35. The van der Waals surface area contributed by atoms with Crippen LogP contribution in [0.3, 0.4) is 0 Å². The number of rotatable bonds is 0. The van der Waals surface area contributed by atoms with Gasteiger partial charge in [0.25, 0.3) is 5.56 Å². The summed E-state index contributed by atoms with van der Waals surface area (Å²) in [6.45, 7) is 1.73. The number of benzene rings is 1. The number of aromatic nitrogens is 1. The van der Waals surface area contributed by atoms with Crippen molar-refractivity contribution in [2.45, 2.75) is 6.92 Å². The van der Waals surface area contributed by atoms with E-state index >= 15 is 0 Å². The van der Waals surface area contributed by atoms with Gasteiger partial charge in [-0.15, -0.1) is 0 Å². The van der Waals surface area contributed by atoms with Crippen LogP contribution in [0.4, 0.5) is 4.39 Å². The Kier molecular flexibility index (Phi) is 1.88. The quantitative estimate of drug-likeness (QED) is 0.624. The second-order valence-electron chi connectivity index (χ2n) is 3.39. The van der Waals surface area contributed by atoms with Crippen LogP contribution in [0.5, 0.6) is 0 Å². The van der Waals surface area contributed by atoms with Gasteiger partial charge in [-0.25, -0.2) is 4.39 Å². The van der Waals surface area contributed by atoms with Crippen molar-refractivity contribution < 1.29 is 4.39 Å². The van der Waals surface area contributed by atoms with Crippen LogP contribution in [0, 0.1) is 12.7 Å². The van der Waals surface area contributed by atoms with Gasteiger partial charge < -0.3 is 4.57 Å². The SMILES string of the molecule is Cc1cc2cc(F)ccc2n(C)c1=O. The van der Waals surface area contributed by atoms with Crippen LogP contribution in [0.15, 0.2) is 29.1 Å². The fourth-order valence-corrected chi connectivity index (χ4v) is 1.62. The molecule has 0 aliphatic rings. The van der Waals surface area contributed by atoms with E-state index in [0.717, 1.165) is 10.9 Å². The van der Waals surface area contributed by atoms with Gasteiger partial charge in [0.15, 0.2) is 0 Å². The van der Waals surface area contributed by atoms with Gasteiger partial charge in [0.05, 0.1) is 5.52 Å². The predicted molar refractivity (Wildman–Crippen MR) is 53.9 cm³/mol. The molecule has 1 aromatic heterocycles. The maximum absolute atomic E-state index is 12.9. The Hall–Kier alpha value is -1.64. The van der Waals surface area contributed by atoms with Crippen molar-refractivity contribution in [3.63, 3.8) is 0 Å². The van der Waals surface area contributed by atoms with E-state index in [9.17, 15) is 9.18 Å². The molecule has 2 rings (SSSR count). The Labute approximate surface area is 80.6 Å². The molecule has 0 spiro atoms. The van der Waals surface area contributed by atoms with E-state index in [4.69, 9.17) is 0 Å². The Bertz CT molecular complexity index is 557. The number of fused-ring (bicyclic) bond motifs is 1. The van der Waals surface area contributed by atoms with E-state index in [1.54, 1.807) is 26.1 Å². The van der Waals surface area contributed by atoms with Crippen molar-refractivity contribution in [1.82, 2.24) is 4.57 Å². The van der Waals surface area contributed by atoms with E-state index in [-0.39, 0.29) is 11.4 Å². The molecule has 14 heavy (non-hydrogen) atoms. The molecule has 0 bridgehead atoms. The van der Waals surface area contributed by atoms with Crippen molar-refractivity contribution in [2.24, 2.45) is 7.05 Å². The molecule has 1 aromatic carbocycles. The van der Waals surface area contributed by atoms with Gasteiger partial charge in [-0.3, -0.25) is 4.79 Å². The Morgan fingerprint density at radius 3 is 2.71 bits per heavy atom. The lowest BCUT2D eigenvalue weighted by Gasteiger charge is -2.05. The molecule has 72 valence electrons. The fraction of sp³-hybridized carbons (Fsp3) is 0.182. The molecule has 0 saturated carbocycles. The summed E-state index contributed by atoms with van der Waals surface area (Å²) < 4.78 is 14.4. The molecule has 2 aromatic rings. The van der Waals surface area contributed by atoms with Crippen molar-refractivity contribution in [3.8, 4) is 0 Å². The highest BCUT2D eigenvalue weighted by molar-refractivity contribution is 5.79.